The van der Waals surface area contributed by atoms with E-state index in [0.29, 0.717) is 16.8 Å². The third-order valence-electron chi connectivity index (χ3n) is 4.60. The van der Waals surface area contributed by atoms with Crippen LogP contribution in [0.4, 0.5) is 13.2 Å². The molecule has 0 bridgehead atoms. The molecule has 0 spiro atoms. The highest BCUT2D eigenvalue weighted by molar-refractivity contribution is 9.10. The molecule has 0 radical (unpaired) electrons. The molecule has 2 rings (SSSR count). The summed E-state index contributed by atoms with van der Waals surface area (Å²) in [5.41, 5.74) is 0.566. The van der Waals surface area contributed by atoms with Crippen molar-refractivity contribution in [3.8, 4) is 0 Å². The van der Waals surface area contributed by atoms with E-state index < -0.39 is 38.5 Å². The number of ether oxygens (including phenoxy) is 1. The summed E-state index contributed by atoms with van der Waals surface area (Å²) in [6.45, 7) is 6.96. The topological polar surface area (TPSA) is 103 Å². The normalized spacial score (nSPS) is 14.4. The molecule has 0 aromatic carbocycles. The van der Waals surface area contributed by atoms with Gasteiger partial charge < -0.3 is 9.84 Å². The average Bonchev–Trinajstić information content (AvgIpc) is 3.10. The zero-order chi connectivity index (χ0) is 23.2. The van der Waals surface area contributed by atoms with E-state index in [1.54, 1.807) is 12.1 Å². The molecule has 2 aromatic heterocycles. The van der Waals surface area contributed by atoms with Crippen LogP contribution in [-0.2, 0) is 22.7 Å². The lowest BCUT2D eigenvalue weighted by atomic mass is 9.84. The lowest BCUT2D eigenvalue weighted by molar-refractivity contribution is -0.165. The van der Waals surface area contributed by atoms with Gasteiger partial charge in [0.05, 0.1) is 12.3 Å². The largest absolute Gasteiger partial charge is 0.481 e. The number of carboxylic acids is 1. The number of alkyl halides is 3. The number of aromatic nitrogens is 5. The van der Waals surface area contributed by atoms with Crippen LogP contribution in [0.2, 0.25) is 25.7 Å². The second kappa shape index (κ2) is 10.6. The molecule has 13 heteroatoms. The quantitative estimate of drug-likeness (QED) is 0.268. The lowest BCUT2D eigenvalue weighted by Crippen LogP contribution is -2.31. The summed E-state index contributed by atoms with van der Waals surface area (Å²) in [6, 6.07) is 4.19. The Morgan fingerprint density at radius 2 is 2.03 bits per heavy atom. The number of carbonyl (C=O) groups is 1. The molecule has 0 aliphatic rings. The van der Waals surface area contributed by atoms with Crippen LogP contribution in [0.1, 0.15) is 23.7 Å². The Morgan fingerprint density at radius 3 is 2.58 bits per heavy atom. The van der Waals surface area contributed by atoms with Gasteiger partial charge in [0.1, 0.15) is 11.3 Å². The van der Waals surface area contributed by atoms with Crippen molar-refractivity contribution in [3.63, 3.8) is 0 Å². The van der Waals surface area contributed by atoms with E-state index in [4.69, 9.17) is 4.74 Å². The van der Waals surface area contributed by atoms with E-state index in [-0.39, 0.29) is 19.0 Å². The first-order valence-corrected chi connectivity index (χ1v) is 14.1. The van der Waals surface area contributed by atoms with E-state index in [9.17, 15) is 23.1 Å². The smallest absolute Gasteiger partial charge is 0.389 e. The van der Waals surface area contributed by atoms with Gasteiger partial charge >= 0.3 is 12.1 Å². The van der Waals surface area contributed by atoms with Crippen LogP contribution in [0, 0.1) is 5.92 Å². The minimum Gasteiger partial charge on any atom is -0.481 e. The SMILES string of the molecule is C[Si](C)(C)CCOCn1nnnc1[C@@H](Cc1ccc(Br)nc1)[C@H](CC(F)(F)F)C(=O)O. The molecule has 1 N–H and O–H groups in total. The van der Waals surface area contributed by atoms with Gasteiger partial charge in [0, 0.05) is 26.8 Å². The van der Waals surface area contributed by atoms with Crippen molar-refractivity contribution in [2.45, 2.75) is 57.4 Å². The van der Waals surface area contributed by atoms with E-state index in [0.717, 1.165) is 6.04 Å². The fraction of sp³-hybridized carbons (Fsp3) is 0.611. The second-order valence-electron chi connectivity index (χ2n) is 8.45. The van der Waals surface area contributed by atoms with Crippen molar-refractivity contribution in [3.05, 3.63) is 34.3 Å². The minimum atomic E-state index is -4.66. The summed E-state index contributed by atoms with van der Waals surface area (Å²) < 4.78 is 46.9. The van der Waals surface area contributed by atoms with Gasteiger partial charge in [-0.05, 0) is 50.5 Å². The first-order chi connectivity index (χ1) is 14.4. The number of hydrogen-bond acceptors (Lipinski definition) is 6. The molecule has 0 saturated heterocycles. The van der Waals surface area contributed by atoms with E-state index >= 15 is 0 Å². The fourth-order valence-electron chi connectivity index (χ4n) is 2.94. The summed E-state index contributed by atoms with van der Waals surface area (Å²) in [5.74, 6) is -4.43. The summed E-state index contributed by atoms with van der Waals surface area (Å²) >= 11 is 3.20. The van der Waals surface area contributed by atoms with Crippen molar-refractivity contribution >= 4 is 30.0 Å². The highest BCUT2D eigenvalue weighted by atomic mass is 79.9. The summed E-state index contributed by atoms with van der Waals surface area (Å²) in [4.78, 5) is 15.9. The van der Waals surface area contributed by atoms with Gasteiger partial charge in [0.2, 0.25) is 0 Å². The molecular formula is C18H25BrF3N5O3Si. The van der Waals surface area contributed by atoms with Gasteiger partial charge in [-0.2, -0.15) is 13.2 Å². The van der Waals surface area contributed by atoms with Crippen molar-refractivity contribution < 1.29 is 27.8 Å². The number of nitrogens with zero attached hydrogens (tertiary/aromatic N) is 5. The molecule has 0 fully saturated rings. The number of tetrazole rings is 1. The van der Waals surface area contributed by atoms with Crippen molar-refractivity contribution in [2.24, 2.45) is 5.92 Å². The summed E-state index contributed by atoms with van der Waals surface area (Å²) in [5, 5.41) is 20.8. The molecule has 0 aliphatic carbocycles. The zero-order valence-corrected chi connectivity index (χ0v) is 20.0. The van der Waals surface area contributed by atoms with Crippen LogP contribution in [0.25, 0.3) is 0 Å². The fourth-order valence-corrected chi connectivity index (χ4v) is 3.94. The van der Waals surface area contributed by atoms with Gasteiger partial charge in [-0.1, -0.05) is 25.7 Å². The Morgan fingerprint density at radius 1 is 1.32 bits per heavy atom. The standard InChI is InChI=1S/C18H25BrF3N5O3Si/c1-31(2,3)7-6-30-11-27-16(24-25-26-27)13(8-12-4-5-15(19)23-10-12)14(17(28)29)9-18(20,21)22/h4-5,10,13-14H,6-9,11H2,1-3H3,(H,28,29)/t13-,14-/m0/s1. The second-order valence-corrected chi connectivity index (χ2v) is 14.9. The Labute approximate surface area is 187 Å². The zero-order valence-electron chi connectivity index (χ0n) is 17.4. The lowest BCUT2D eigenvalue weighted by Gasteiger charge is -2.24. The van der Waals surface area contributed by atoms with Crippen LogP contribution in [0.5, 0.6) is 0 Å². The summed E-state index contributed by atoms with van der Waals surface area (Å²) in [6.07, 6.45) is -4.71. The first-order valence-electron chi connectivity index (χ1n) is 9.59. The van der Waals surface area contributed by atoms with Crippen LogP contribution < -0.4 is 0 Å². The molecule has 31 heavy (non-hydrogen) atoms. The molecule has 172 valence electrons. The number of pyridine rings is 1. The molecule has 0 saturated carbocycles. The number of rotatable bonds is 11. The third-order valence-corrected chi connectivity index (χ3v) is 6.77. The van der Waals surface area contributed by atoms with Crippen LogP contribution in [0.3, 0.4) is 0 Å². The monoisotopic (exact) mass is 523 g/mol. The number of aliphatic carboxylic acids is 1. The Hall–Kier alpha value is -1.86. The van der Waals surface area contributed by atoms with Gasteiger partial charge in [-0.15, -0.1) is 5.10 Å². The first kappa shape index (κ1) is 25.4. The van der Waals surface area contributed by atoms with Crippen LogP contribution >= 0.6 is 15.9 Å². The van der Waals surface area contributed by atoms with E-state index in [1.807, 2.05) is 0 Å². The predicted octanol–water partition coefficient (Wildman–Crippen LogP) is 4.12. The highest BCUT2D eigenvalue weighted by Crippen LogP contribution is 2.36. The van der Waals surface area contributed by atoms with Gasteiger partial charge in [-0.3, -0.25) is 4.79 Å². The Kier molecular flexibility index (Phi) is 8.71. The van der Waals surface area contributed by atoms with Crippen LogP contribution in [0.15, 0.2) is 22.9 Å². The molecular weight excluding hydrogens is 499 g/mol. The molecule has 2 atom stereocenters. The molecule has 0 unspecified atom stereocenters. The molecule has 0 aliphatic heterocycles. The maximum absolute atomic E-state index is 13.2. The van der Waals surface area contributed by atoms with Crippen molar-refractivity contribution in [2.75, 3.05) is 6.61 Å². The van der Waals surface area contributed by atoms with E-state index in [2.05, 4.69) is 56.1 Å². The molecule has 8 nitrogen and oxygen atoms in total. The Balaban J connectivity index is 2.30. The number of carboxylic acid groups (broad SMARTS) is 1. The van der Waals surface area contributed by atoms with E-state index in [1.165, 1.54) is 10.9 Å². The molecule has 0 amide bonds. The maximum atomic E-state index is 13.2. The number of halogens is 4. The van der Waals surface area contributed by atoms with Gasteiger partial charge in [-0.25, -0.2) is 9.67 Å². The van der Waals surface area contributed by atoms with Crippen molar-refractivity contribution in [1.29, 1.82) is 0 Å². The summed E-state index contributed by atoms with van der Waals surface area (Å²) in [7, 11) is -1.33. The predicted molar refractivity (Wildman–Crippen MR) is 112 cm³/mol. The maximum Gasteiger partial charge on any atom is 0.389 e. The van der Waals surface area contributed by atoms with Gasteiger partial charge in [0.25, 0.3) is 0 Å². The Bertz CT molecular complexity index is 858. The number of hydrogen-bond donors (Lipinski definition) is 1. The minimum absolute atomic E-state index is 0.0252. The molecule has 2 heterocycles. The third kappa shape index (κ3) is 8.65. The van der Waals surface area contributed by atoms with Crippen LogP contribution in [-0.4, -0.2) is 57.1 Å². The average molecular weight is 524 g/mol. The van der Waals surface area contributed by atoms with Gasteiger partial charge in [0.15, 0.2) is 5.82 Å². The molecule has 2 aromatic rings. The van der Waals surface area contributed by atoms with Crippen molar-refractivity contribution in [1.82, 2.24) is 25.2 Å². The highest BCUT2D eigenvalue weighted by Gasteiger charge is 2.42.